The molecule has 0 aromatic heterocycles. The number of ether oxygens (including phenoxy) is 1. The Labute approximate surface area is 145 Å². The van der Waals surface area contributed by atoms with Crippen LogP contribution in [0.25, 0.3) is 0 Å². The van der Waals surface area contributed by atoms with Gasteiger partial charge in [0.1, 0.15) is 0 Å². The number of carbonyl (C=O) groups is 2. The van der Waals surface area contributed by atoms with Crippen molar-refractivity contribution >= 4 is 11.9 Å². The molecule has 1 aromatic carbocycles. The van der Waals surface area contributed by atoms with Crippen LogP contribution in [-0.2, 0) is 9.53 Å². The SMILES string of the molecule is Cc1c(C)c(C)c(C(=O)OCC(=O)N2CCCC[C@@H]2C)c(C)c1C. The summed E-state index contributed by atoms with van der Waals surface area (Å²) in [4.78, 5) is 26.8. The van der Waals surface area contributed by atoms with Crippen LogP contribution in [0.15, 0.2) is 0 Å². The summed E-state index contributed by atoms with van der Waals surface area (Å²) < 4.78 is 5.37. The van der Waals surface area contributed by atoms with Crippen molar-refractivity contribution in [1.29, 1.82) is 0 Å². The van der Waals surface area contributed by atoms with Crippen molar-refractivity contribution in [2.24, 2.45) is 0 Å². The first-order valence-electron chi connectivity index (χ1n) is 8.79. The van der Waals surface area contributed by atoms with Crippen LogP contribution in [0.1, 0.15) is 64.4 Å². The van der Waals surface area contributed by atoms with E-state index in [0.29, 0.717) is 5.56 Å². The first-order chi connectivity index (χ1) is 11.3. The molecule has 0 saturated carbocycles. The first kappa shape index (κ1) is 18.5. The van der Waals surface area contributed by atoms with Crippen molar-refractivity contribution in [2.45, 2.75) is 66.8 Å². The van der Waals surface area contributed by atoms with Crippen LogP contribution in [0.3, 0.4) is 0 Å². The maximum Gasteiger partial charge on any atom is 0.339 e. The predicted molar refractivity (Wildman–Crippen MR) is 95.4 cm³/mol. The highest BCUT2D eigenvalue weighted by Crippen LogP contribution is 2.26. The molecule has 1 atom stereocenters. The molecule has 1 heterocycles. The number of carbonyl (C=O) groups excluding carboxylic acids is 2. The molecule has 4 heteroatoms. The average molecular weight is 331 g/mol. The van der Waals surface area contributed by atoms with E-state index in [2.05, 4.69) is 13.8 Å². The number of nitrogens with zero attached hydrogens (tertiary/aromatic N) is 1. The fraction of sp³-hybridized carbons (Fsp3) is 0.600. The lowest BCUT2D eigenvalue weighted by molar-refractivity contribution is -0.137. The lowest BCUT2D eigenvalue weighted by Gasteiger charge is -2.33. The summed E-state index contributed by atoms with van der Waals surface area (Å²) in [5.41, 5.74) is 5.93. The Morgan fingerprint density at radius 2 is 1.50 bits per heavy atom. The van der Waals surface area contributed by atoms with Crippen LogP contribution in [0.5, 0.6) is 0 Å². The summed E-state index contributed by atoms with van der Waals surface area (Å²) in [5, 5.41) is 0. The maximum atomic E-state index is 12.6. The standard InChI is InChI=1S/C20H29NO3/c1-12-9-7-8-10-21(12)18(22)11-24-20(23)19-16(5)14(3)13(2)15(4)17(19)6/h12H,7-11H2,1-6H3/t12-/m0/s1. The van der Waals surface area contributed by atoms with Crippen molar-refractivity contribution in [1.82, 2.24) is 4.90 Å². The Bertz CT molecular complexity index is 634. The fourth-order valence-corrected chi connectivity index (χ4v) is 3.56. The van der Waals surface area contributed by atoms with Gasteiger partial charge in [-0.2, -0.15) is 0 Å². The van der Waals surface area contributed by atoms with Crippen LogP contribution >= 0.6 is 0 Å². The number of rotatable bonds is 3. The Balaban J connectivity index is 2.12. The van der Waals surface area contributed by atoms with Gasteiger partial charge in [-0.05, 0) is 88.6 Å². The fourth-order valence-electron chi connectivity index (χ4n) is 3.56. The monoisotopic (exact) mass is 331 g/mol. The zero-order valence-electron chi connectivity index (χ0n) is 15.8. The largest absolute Gasteiger partial charge is 0.452 e. The van der Waals surface area contributed by atoms with Crippen LogP contribution in [0.4, 0.5) is 0 Å². The molecule has 1 aromatic rings. The molecule has 24 heavy (non-hydrogen) atoms. The summed E-state index contributed by atoms with van der Waals surface area (Å²) in [7, 11) is 0. The number of hydrogen-bond acceptors (Lipinski definition) is 3. The van der Waals surface area contributed by atoms with Crippen LogP contribution in [0.2, 0.25) is 0 Å². The van der Waals surface area contributed by atoms with E-state index in [9.17, 15) is 9.59 Å². The molecule has 0 bridgehead atoms. The second kappa shape index (κ2) is 7.37. The molecule has 1 amide bonds. The van der Waals surface area contributed by atoms with E-state index in [1.165, 1.54) is 5.56 Å². The summed E-state index contributed by atoms with van der Waals surface area (Å²) in [5.74, 6) is -0.486. The van der Waals surface area contributed by atoms with Gasteiger partial charge in [0.2, 0.25) is 0 Å². The minimum atomic E-state index is -0.394. The topological polar surface area (TPSA) is 46.6 Å². The normalized spacial score (nSPS) is 17.8. The predicted octanol–water partition coefficient (Wildman–Crippen LogP) is 3.79. The van der Waals surface area contributed by atoms with Gasteiger partial charge in [-0.25, -0.2) is 4.79 Å². The van der Waals surface area contributed by atoms with Gasteiger partial charge in [0.25, 0.3) is 5.91 Å². The first-order valence-corrected chi connectivity index (χ1v) is 8.79. The number of amides is 1. The quantitative estimate of drug-likeness (QED) is 0.792. The number of likely N-dealkylation sites (tertiary alicyclic amines) is 1. The lowest BCUT2D eigenvalue weighted by atomic mass is 9.90. The van der Waals surface area contributed by atoms with Gasteiger partial charge in [-0.3, -0.25) is 4.79 Å². The van der Waals surface area contributed by atoms with E-state index in [4.69, 9.17) is 4.74 Å². The van der Waals surface area contributed by atoms with E-state index in [1.54, 1.807) is 0 Å². The third-order valence-electron chi connectivity index (χ3n) is 5.65. The molecule has 1 aliphatic rings. The lowest BCUT2D eigenvalue weighted by Crippen LogP contribution is -2.44. The molecule has 0 spiro atoms. The number of hydrogen-bond donors (Lipinski definition) is 0. The second-order valence-electron chi connectivity index (χ2n) is 7.01. The highest BCUT2D eigenvalue weighted by molar-refractivity contribution is 5.95. The van der Waals surface area contributed by atoms with Gasteiger partial charge in [0.15, 0.2) is 6.61 Å². The average Bonchev–Trinajstić information content (AvgIpc) is 2.56. The Kier molecular flexibility index (Phi) is 5.68. The second-order valence-corrected chi connectivity index (χ2v) is 7.01. The smallest absolute Gasteiger partial charge is 0.339 e. The van der Waals surface area contributed by atoms with Gasteiger partial charge in [-0.15, -0.1) is 0 Å². The van der Waals surface area contributed by atoms with Crippen molar-refractivity contribution in [3.63, 3.8) is 0 Å². The van der Waals surface area contributed by atoms with Crippen molar-refractivity contribution in [2.75, 3.05) is 13.2 Å². The van der Waals surface area contributed by atoms with Crippen LogP contribution < -0.4 is 0 Å². The Morgan fingerprint density at radius 1 is 0.958 bits per heavy atom. The van der Waals surface area contributed by atoms with Gasteiger partial charge < -0.3 is 9.64 Å². The van der Waals surface area contributed by atoms with Crippen molar-refractivity contribution < 1.29 is 14.3 Å². The van der Waals surface area contributed by atoms with Crippen LogP contribution in [0, 0.1) is 34.6 Å². The Hall–Kier alpha value is -1.84. The van der Waals surface area contributed by atoms with E-state index >= 15 is 0 Å². The summed E-state index contributed by atoms with van der Waals surface area (Å²) in [6, 6.07) is 0.234. The van der Waals surface area contributed by atoms with Gasteiger partial charge >= 0.3 is 5.97 Å². The van der Waals surface area contributed by atoms with E-state index in [1.807, 2.05) is 32.6 Å². The van der Waals surface area contributed by atoms with E-state index in [0.717, 1.165) is 48.1 Å². The molecule has 1 aliphatic heterocycles. The molecular weight excluding hydrogens is 302 g/mol. The molecule has 4 nitrogen and oxygen atoms in total. The minimum Gasteiger partial charge on any atom is -0.452 e. The molecule has 1 saturated heterocycles. The summed E-state index contributed by atoms with van der Waals surface area (Å²) in [6.45, 7) is 12.6. The molecule has 2 rings (SSSR count). The maximum absolute atomic E-state index is 12.6. The van der Waals surface area contributed by atoms with Gasteiger partial charge in [0, 0.05) is 12.6 Å². The Morgan fingerprint density at radius 3 is 2.04 bits per heavy atom. The molecule has 1 fully saturated rings. The molecule has 132 valence electrons. The van der Waals surface area contributed by atoms with Gasteiger partial charge in [-0.1, -0.05) is 0 Å². The number of esters is 1. The van der Waals surface area contributed by atoms with Crippen LogP contribution in [-0.4, -0.2) is 36.0 Å². The third-order valence-corrected chi connectivity index (χ3v) is 5.65. The molecular formula is C20H29NO3. The summed E-state index contributed by atoms with van der Waals surface area (Å²) in [6.07, 6.45) is 3.21. The molecule has 0 N–H and O–H groups in total. The molecule has 0 unspecified atom stereocenters. The van der Waals surface area contributed by atoms with Crippen molar-refractivity contribution in [3.8, 4) is 0 Å². The van der Waals surface area contributed by atoms with E-state index < -0.39 is 5.97 Å². The number of benzene rings is 1. The van der Waals surface area contributed by atoms with E-state index in [-0.39, 0.29) is 18.6 Å². The zero-order chi connectivity index (χ0) is 18.0. The summed E-state index contributed by atoms with van der Waals surface area (Å²) >= 11 is 0. The zero-order valence-corrected chi connectivity index (χ0v) is 15.8. The van der Waals surface area contributed by atoms with Gasteiger partial charge in [0.05, 0.1) is 5.56 Å². The molecule has 0 aliphatic carbocycles. The minimum absolute atomic E-state index is 0.0913. The molecule has 0 radical (unpaired) electrons. The number of piperidine rings is 1. The van der Waals surface area contributed by atoms with Crippen molar-refractivity contribution in [3.05, 3.63) is 33.4 Å². The highest BCUT2D eigenvalue weighted by Gasteiger charge is 2.25. The highest BCUT2D eigenvalue weighted by atomic mass is 16.5. The third kappa shape index (κ3) is 3.47.